The van der Waals surface area contributed by atoms with Gasteiger partial charge in [0.1, 0.15) is 0 Å². The van der Waals surface area contributed by atoms with Gasteiger partial charge in [-0.25, -0.2) is 8.78 Å². The number of piperazine rings is 1. The lowest BCUT2D eigenvalue weighted by molar-refractivity contribution is 0.0136. The van der Waals surface area contributed by atoms with Crippen molar-refractivity contribution in [3.8, 4) is 0 Å². The molecule has 1 rings (SSSR count). The highest BCUT2D eigenvalue weighted by Crippen LogP contribution is 2.18. The Bertz CT molecular complexity index is 185. The maximum atomic E-state index is 12.4. The summed E-state index contributed by atoms with van der Waals surface area (Å²) in [5, 5.41) is 0. The highest BCUT2D eigenvalue weighted by atomic mass is 19.3. The molecule has 0 aromatic heterocycles. The highest BCUT2D eigenvalue weighted by Gasteiger charge is 2.29. The fraction of sp³-hybridized carbons (Fsp3) is 1.00. The molecule has 2 nitrogen and oxygen atoms in total. The van der Waals surface area contributed by atoms with Crippen LogP contribution in [0.1, 0.15) is 27.2 Å². The Morgan fingerprint density at radius 2 is 1.93 bits per heavy atom. The van der Waals surface area contributed by atoms with E-state index in [0.717, 1.165) is 26.2 Å². The summed E-state index contributed by atoms with van der Waals surface area (Å²) in [6, 6.07) is 0.395. The van der Waals surface area contributed by atoms with Crippen molar-refractivity contribution in [1.82, 2.24) is 9.80 Å². The molecule has 0 N–H and O–H groups in total. The van der Waals surface area contributed by atoms with E-state index in [2.05, 4.69) is 30.6 Å². The number of nitrogens with zero attached hydrogens (tertiary/aromatic N) is 2. The summed E-state index contributed by atoms with van der Waals surface area (Å²) in [6.07, 6.45) is -2.18. The molecular weight excluding hydrogens is 198 g/mol. The van der Waals surface area contributed by atoms with Gasteiger partial charge in [-0.05, 0) is 20.4 Å². The van der Waals surface area contributed by atoms with Crippen LogP contribution in [0, 0.1) is 0 Å². The Morgan fingerprint density at radius 3 is 2.40 bits per heavy atom. The maximum Gasteiger partial charge on any atom is 0.240 e. The molecule has 1 aliphatic rings. The SMILES string of the molecule is CCN1CCN(C(C)C)C(CC(F)F)C1. The molecule has 90 valence electrons. The first kappa shape index (κ1) is 12.8. The molecular formula is C11H22F2N2. The van der Waals surface area contributed by atoms with E-state index in [1.54, 1.807) is 0 Å². The maximum absolute atomic E-state index is 12.4. The fourth-order valence-electron chi connectivity index (χ4n) is 2.32. The zero-order valence-electron chi connectivity index (χ0n) is 9.92. The van der Waals surface area contributed by atoms with Gasteiger partial charge in [0.25, 0.3) is 0 Å². The van der Waals surface area contributed by atoms with E-state index < -0.39 is 6.43 Å². The van der Waals surface area contributed by atoms with Crippen molar-refractivity contribution < 1.29 is 8.78 Å². The molecule has 4 heteroatoms. The second kappa shape index (κ2) is 5.75. The number of rotatable bonds is 4. The van der Waals surface area contributed by atoms with E-state index in [-0.39, 0.29) is 12.5 Å². The quantitative estimate of drug-likeness (QED) is 0.715. The van der Waals surface area contributed by atoms with Crippen LogP contribution in [0.3, 0.4) is 0 Å². The summed E-state index contributed by atoms with van der Waals surface area (Å²) < 4.78 is 24.9. The van der Waals surface area contributed by atoms with Crippen LogP contribution in [-0.2, 0) is 0 Å². The number of alkyl halides is 2. The lowest BCUT2D eigenvalue weighted by Gasteiger charge is -2.43. The summed E-state index contributed by atoms with van der Waals surface area (Å²) in [6.45, 7) is 9.94. The molecule has 0 amide bonds. The van der Waals surface area contributed by atoms with Crippen LogP contribution < -0.4 is 0 Å². The summed E-state index contributed by atoms with van der Waals surface area (Å²) in [4.78, 5) is 4.46. The van der Waals surface area contributed by atoms with Crippen molar-refractivity contribution in [3.05, 3.63) is 0 Å². The minimum Gasteiger partial charge on any atom is -0.301 e. The highest BCUT2D eigenvalue weighted by molar-refractivity contribution is 4.84. The van der Waals surface area contributed by atoms with Gasteiger partial charge in [-0.1, -0.05) is 6.92 Å². The van der Waals surface area contributed by atoms with E-state index in [4.69, 9.17) is 0 Å². The summed E-state index contributed by atoms with van der Waals surface area (Å²) in [5.41, 5.74) is 0. The van der Waals surface area contributed by atoms with E-state index in [1.807, 2.05) is 0 Å². The zero-order chi connectivity index (χ0) is 11.4. The second-order valence-corrected chi connectivity index (χ2v) is 4.51. The molecule has 0 aromatic rings. The molecule has 1 heterocycles. The van der Waals surface area contributed by atoms with Crippen molar-refractivity contribution in [2.45, 2.75) is 45.7 Å². The standard InChI is InChI=1S/C11H22F2N2/c1-4-14-5-6-15(9(2)3)10(8-14)7-11(12)13/h9-11H,4-8H2,1-3H3. The molecule has 15 heavy (non-hydrogen) atoms. The average Bonchev–Trinajstić information content (AvgIpc) is 2.16. The number of hydrogen-bond acceptors (Lipinski definition) is 2. The van der Waals surface area contributed by atoms with Crippen molar-refractivity contribution in [2.24, 2.45) is 0 Å². The van der Waals surface area contributed by atoms with Gasteiger partial charge in [-0.15, -0.1) is 0 Å². The monoisotopic (exact) mass is 220 g/mol. The van der Waals surface area contributed by atoms with Crippen LogP contribution in [-0.4, -0.2) is 54.5 Å². The normalized spacial score (nSPS) is 25.4. The molecule has 1 atom stereocenters. The molecule has 1 aliphatic heterocycles. The minimum absolute atomic E-state index is 0.00861. The molecule has 1 saturated heterocycles. The largest absolute Gasteiger partial charge is 0.301 e. The van der Waals surface area contributed by atoms with E-state index in [9.17, 15) is 8.78 Å². The van der Waals surface area contributed by atoms with Crippen LogP contribution in [0.5, 0.6) is 0 Å². The first-order chi connectivity index (χ1) is 7.04. The fourth-order valence-corrected chi connectivity index (χ4v) is 2.32. The Morgan fingerprint density at radius 1 is 1.27 bits per heavy atom. The lowest BCUT2D eigenvalue weighted by atomic mass is 10.1. The first-order valence-electron chi connectivity index (χ1n) is 5.80. The molecule has 0 aliphatic carbocycles. The Kier molecular flexibility index (Phi) is 4.93. The van der Waals surface area contributed by atoms with E-state index >= 15 is 0 Å². The minimum atomic E-state index is -2.19. The Hall–Kier alpha value is -0.220. The van der Waals surface area contributed by atoms with Gasteiger partial charge < -0.3 is 4.90 Å². The number of hydrogen-bond donors (Lipinski definition) is 0. The predicted molar refractivity (Wildman–Crippen MR) is 58.4 cm³/mol. The van der Waals surface area contributed by atoms with Crippen LogP contribution in [0.15, 0.2) is 0 Å². The summed E-state index contributed by atoms with van der Waals surface area (Å²) in [7, 11) is 0. The number of halogens is 2. The van der Waals surface area contributed by atoms with Crippen LogP contribution in [0.2, 0.25) is 0 Å². The smallest absolute Gasteiger partial charge is 0.240 e. The predicted octanol–water partition coefficient (Wildman–Crippen LogP) is 2.06. The van der Waals surface area contributed by atoms with E-state index in [0.29, 0.717) is 6.04 Å². The first-order valence-corrected chi connectivity index (χ1v) is 5.80. The molecule has 1 fully saturated rings. The van der Waals surface area contributed by atoms with Crippen LogP contribution in [0.25, 0.3) is 0 Å². The van der Waals surface area contributed by atoms with Crippen molar-refractivity contribution in [3.63, 3.8) is 0 Å². The van der Waals surface area contributed by atoms with Gasteiger partial charge in [0, 0.05) is 38.1 Å². The topological polar surface area (TPSA) is 6.48 Å². The molecule has 0 saturated carbocycles. The van der Waals surface area contributed by atoms with Crippen LogP contribution in [0.4, 0.5) is 8.78 Å². The van der Waals surface area contributed by atoms with Crippen molar-refractivity contribution >= 4 is 0 Å². The van der Waals surface area contributed by atoms with Gasteiger partial charge in [0.15, 0.2) is 0 Å². The molecule has 0 radical (unpaired) electrons. The van der Waals surface area contributed by atoms with Crippen LogP contribution >= 0.6 is 0 Å². The third-order valence-electron chi connectivity index (χ3n) is 3.17. The molecule has 0 spiro atoms. The van der Waals surface area contributed by atoms with Crippen molar-refractivity contribution in [2.75, 3.05) is 26.2 Å². The molecule has 1 unspecified atom stereocenters. The lowest BCUT2D eigenvalue weighted by Crippen LogP contribution is -2.55. The average molecular weight is 220 g/mol. The van der Waals surface area contributed by atoms with Gasteiger partial charge in [-0.3, -0.25) is 4.90 Å². The third kappa shape index (κ3) is 3.68. The van der Waals surface area contributed by atoms with Crippen molar-refractivity contribution in [1.29, 1.82) is 0 Å². The molecule has 0 bridgehead atoms. The van der Waals surface area contributed by atoms with Gasteiger partial charge >= 0.3 is 0 Å². The summed E-state index contributed by atoms with van der Waals surface area (Å²) >= 11 is 0. The summed E-state index contributed by atoms with van der Waals surface area (Å²) in [5.74, 6) is 0. The molecule has 0 aromatic carbocycles. The zero-order valence-corrected chi connectivity index (χ0v) is 9.92. The second-order valence-electron chi connectivity index (χ2n) is 4.51. The van der Waals surface area contributed by atoms with E-state index in [1.165, 1.54) is 0 Å². The van der Waals surface area contributed by atoms with Gasteiger partial charge in [0.2, 0.25) is 6.43 Å². The Balaban J connectivity index is 2.56. The third-order valence-corrected chi connectivity index (χ3v) is 3.17. The van der Waals surface area contributed by atoms with Gasteiger partial charge in [0.05, 0.1) is 0 Å². The van der Waals surface area contributed by atoms with Gasteiger partial charge in [-0.2, -0.15) is 0 Å². The Labute approximate surface area is 91.2 Å². The number of likely N-dealkylation sites (N-methyl/N-ethyl adjacent to an activating group) is 1.